The molecule has 6 heavy (non-hydrogen) atoms. The van der Waals surface area contributed by atoms with Crippen LogP contribution in [0, 0.1) is 209 Å². The zero-order valence-electron chi connectivity index (χ0n) is 2.53. The summed E-state index contributed by atoms with van der Waals surface area (Å²) >= 11 is 0. The minimum absolute atomic E-state index is 0. The Morgan fingerprint density at radius 2 is 1.00 bits per heavy atom. The smallest absolute Gasteiger partial charge is 0 e. The molecule has 0 atom stereocenters. The quantitative estimate of drug-likeness (QED) is 0.283. The molecule has 6 heteroatoms. The monoisotopic (exact) mass is 741 g/mol. The van der Waals surface area contributed by atoms with Crippen LogP contribution < -0.4 is 0 Å². The van der Waals surface area contributed by atoms with Gasteiger partial charge in [-0.2, -0.15) is 0 Å². The molecule has 25 valence electrons. The fraction of sp³-hybridized carbons (Fsp3) is 0. The summed E-state index contributed by atoms with van der Waals surface area (Å²) in [5.74, 6) is 0. The average Bonchev–Trinajstić information content (AvgIpc) is 0. The largest absolute Gasteiger partial charge is 0.316 e. The maximum atomic E-state index is 0. The molecule has 0 rings (SSSR count). The molecule has 0 spiro atoms. The summed E-state index contributed by atoms with van der Waals surface area (Å²) in [5.41, 5.74) is 0. The van der Waals surface area contributed by atoms with Gasteiger partial charge in [0.2, 0.25) is 0 Å². The molecule has 0 unspecified atom stereocenters. The van der Waals surface area contributed by atoms with E-state index in [1.165, 1.54) is 0 Å². The fourth-order valence-corrected chi connectivity index (χ4v) is 0. The predicted octanol–water partition coefficient (Wildman–Crippen LogP) is -0.916. The molecule has 0 aromatic rings. The minimum Gasteiger partial charge on any atom is 0 e. The van der Waals surface area contributed by atoms with Crippen LogP contribution in [-0.4, -0.2) is 23.1 Å². The van der Waals surface area contributed by atoms with Gasteiger partial charge in [0.1, 0.15) is 0 Å². The Balaban J connectivity index is 0. The van der Waals surface area contributed by atoms with E-state index in [1.807, 2.05) is 0 Å². The molecule has 0 bridgehead atoms. The van der Waals surface area contributed by atoms with Crippen molar-refractivity contribution >= 4 is 23.1 Å². The predicted molar refractivity (Wildman–Crippen MR) is 8.54 cm³/mol. The molecule has 0 aromatic heterocycles. The Kier molecular flexibility index (Phi) is 183. The van der Waals surface area contributed by atoms with Crippen LogP contribution in [0.15, 0.2) is 0 Å². The molecule has 0 saturated carbocycles. The summed E-state index contributed by atoms with van der Waals surface area (Å²) in [5, 5.41) is 0. The molecular weight excluding hydrogens is 740 g/mol. The van der Waals surface area contributed by atoms with Gasteiger partial charge >= 0.3 is 23.1 Å². The third kappa shape index (κ3) is 22.6. The Hall–Kier alpha value is 7.64. The number of rotatable bonds is 0. The second-order valence-corrected chi connectivity index (χ2v) is 0. The van der Waals surface area contributed by atoms with E-state index in [1.54, 1.807) is 0 Å². The molecule has 0 N–H and O–H groups in total. The first-order valence-electron chi connectivity index (χ1n) is 0. The first kappa shape index (κ1) is 37.3. The zero-order chi connectivity index (χ0) is 0. The van der Waals surface area contributed by atoms with Gasteiger partial charge in [-0.25, -0.2) is 0 Å². The molecule has 0 fully saturated rings. The van der Waals surface area contributed by atoms with E-state index in [0.717, 1.165) is 0 Å². The summed E-state index contributed by atoms with van der Waals surface area (Å²) in [6, 6.07) is 0. The first-order chi connectivity index (χ1) is 0. The van der Waals surface area contributed by atoms with Crippen LogP contribution in [0.5, 0.6) is 0 Å². The van der Waals surface area contributed by atoms with E-state index in [2.05, 4.69) is 0 Å². The summed E-state index contributed by atoms with van der Waals surface area (Å²) in [7, 11) is 0. The standard InChI is InChI=1S/Ce.Eu.La.Mg.Nd.Pr.2H. The van der Waals surface area contributed by atoms with Gasteiger partial charge in [-0.05, 0) is 0 Å². The van der Waals surface area contributed by atoms with Gasteiger partial charge in [0.25, 0.3) is 0 Å². The van der Waals surface area contributed by atoms with Crippen molar-refractivity contribution in [3.63, 3.8) is 0 Å². The molecule has 0 aliphatic carbocycles. The molecule has 0 heterocycles. The maximum absolute atomic E-state index is 0. The van der Waals surface area contributed by atoms with Crippen molar-refractivity contribution in [2.24, 2.45) is 0 Å². The summed E-state index contributed by atoms with van der Waals surface area (Å²) in [6.07, 6.45) is 0. The molecule has 0 aliphatic heterocycles. The van der Waals surface area contributed by atoms with Crippen LogP contribution in [0.4, 0.5) is 0 Å². The number of hydrogen-bond donors (Lipinski definition) is 0. The zero-order valence-corrected chi connectivity index (χ0v) is 18.6. The normalized spacial score (nSPS) is 0. The van der Waals surface area contributed by atoms with E-state index in [4.69, 9.17) is 0 Å². The Morgan fingerprint density at radius 3 is 1.00 bits per heavy atom. The van der Waals surface area contributed by atoms with Crippen molar-refractivity contribution in [2.45, 2.75) is 0 Å². The minimum atomic E-state index is 0. The van der Waals surface area contributed by atoms with Crippen molar-refractivity contribution in [3.05, 3.63) is 0 Å². The van der Waals surface area contributed by atoms with E-state index in [-0.39, 0.29) is 232 Å². The SMILES string of the molecule is [Ce].[Eu].[La].[MgH2].[Nd].[Pr]. The van der Waals surface area contributed by atoms with Gasteiger partial charge < -0.3 is 0 Å². The van der Waals surface area contributed by atoms with Gasteiger partial charge in [0, 0.05) is 209 Å². The average molecular weight is 742 g/mol. The van der Waals surface area contributed by atoms with Gasteiger partial charge in [-0.15, -0.1) is 0 Å². The first-order valence-corrected chi connectivity index (χ1v) is 0. The third-order valence-electron chi connectivity index (χ3n) is 0. The van der Waals surface area contributed by atoms with Gasteiger partial charge in [-0.1, -0.05) is 0 Å². The molecule has 0 amide bonds. The summed E-state index contributed by atoms with van der Waals surface area (Å²) in [6.45, 7) is 0. The van der Waals surface area contributed by atoms with Gasteiger partial charge in [0.05, 0.1) is 0 Å². The maximum Gasteiger partial charge on any atom is 0.316 e. The van der Waals surface area contributed by atoms with Gasteiger partial charge in [0.15, 0.2) is 0 Å². The van der Waals surface area contributed by atoms with Crippen molar-refractivity contribution in [1.82, 2.24) is 0 Å². The van der Waals surface area contributed by atoms with Crippen LogP contribution in [0.3, 0.4) is 0 Å². The second kappa shape index (κ2) is 29.3. The molecule has 0 aromatic carbocycles. The van der Waals surface area contributed by atoms with Crippen LogP contribution in [0.25, 0.3) is 0 Å². The van der Waals surface area contributed by atoms with Crippen molar-refractivity contribution in [3.8, 4) is 0 Å². The summed E-state index contributed by atoms with van der Waals surface area (Å²) < 4.78 is 0. The molecule has 3 radical (unpaired) electrons. The van der Waals surface area contributed by atoms with Gasteiger partial charge in [-0.3, -0.25) is 0 Å². The Bertz CT molecular complexity index is 15.5. The van der Waals surface area contributed by atoms with Crippen LogP contribution in [-0.2, 0) is 0 Å². The molecule has 0 saturated heterocycles. The van der Waals surface area contributed by atoms with E-state index >= 15 is 0 Å². The fourth-order valence-electron chi connectivity index (χ4n) is 0. The summed E-state index contributed by atoms with van der Waals surface area (Å²) in [4.78, 5) is 0. The van der Waals surface area contributed by atoms with Crippen LogP contribution in [0.1, 0.15) is 0 Å². The van der Waals surface area contributed by atoms with Crippen molar-refractivity contribution < 1.29 is 209 Å². The Labute approximate surface area is 223 Å². The Morgan fingerprint density at radius 1 is 1.00 bits per heavy atom. The van der Waals surface area contributed by atoms with Crippen molar-refractivity contribution in [2.75, 3.05) is 0 Å². The van der Waals surface area contributed by atoms with Crippen molar-refractivity contribution in [1.29, 1.82) is 0 Å². The second-order valence-electron chi connectivity index (χ2n) is 0. The topological polar surface area (TPSA) is 0 Å². The van der Waals surface area contributed by atoms with E-state index in [9.17, 15) is 0 Å². The van der Waals surface area contributed by atoms with Crippen LogP contribution in [0.2, 0.25) is 0 Å². The molecular formula is H2CeEuLaMgNdPr. The van der Waals surface area contributed by atoms with E-state index < -0.39 is 0 Å². The van der Waals surface area contributed by atoms with Crippen LogP contribution >= 0.6 is 0 Å². The molecule has 0 nitrogen and oxygen atoms in total. The third-order valence-corrected chi connectivity index (χ3v) is 0. The molecule has 0 aliphatic rings. The van der Waals surface area contributed by atoms with E-state index in [0.29, 0.717) is 0 Å². The number of hydrogen-bond acceptors (Lipinski definition) is 0.